The molecule has 2 aromatic carbocycles. The smallest absolute Gasteiger partial charge is 0.119 e. The first-order chi connectivity index (χ1) is 11.0. The zero-order valence-corrected chi connectivity index (χ0v) is 16.3. The molecule has 0 saturated heterocycles. The maximum atomic E-state index is 10.1. The fourth-order valence-electron chi connectivity index (χ4n) is 3.09. The van der Waals surface area contributed by atoms with Gasteiger partial charge in [0.1, 0.15) is 5.75 Å². The molecule has 1 nitrogen and oxygen atoms in total. The predicted octanol–water partition coefficient (Wildman–Crippen LogP) is 6.33. The average Bonchev–Trinajstić information content (AvgIpc) is 2.47. The molecule has 1 atom stereocenters. The van der Waals surface area contributed by atoms with E-state index in [1.807, 2.05) is 6.07 Å². The van der Waals surface area contributed by atoms with Gasteiger partial charge in [-0.15, -0.1) is 0 Å². The molecule has 0 spiro atoms. The van der Waals surface area contributed by atoms with Crippen LogP contribution in [0, 0.1) is 0 Å². The molecule has 0 aliphatic carbocycles. The lowest BCUT2D eigenvalue weighted by atomic mass is 9.82. The second-order valence-electron chi connectivity index (χ2n) is 9.08. The average molecular weight is 325 g/mol. The van der Waals surface area contributed by atoms with Crippen molar-refractivity contribution in [2.24, 2.45) is 0 Å². The van der Waals surface area contributed by atoms with Crippen LogP contribution in [0.2, 0.25) is 0 Å². The van der Waals surface area contributed by atoms with Gasteiger partial charge in [-0.25, -0.2) is 0 Å². The number of hydrogen-bond acceptors (Lipinski definition) is 1. The molecule has 0 amide bonds. The maximum absolute atomic E-state index is 10.1. The number of aromatic hydroxyl groups is 1. The van der Waals surface area contributed by atoms with Crippen LogP contribution in [0.4, 0.5) is 0 Å². The van der Waals surface area contributed by atoms with Crippen molar-refractivity contribution >= 4 is 0 Å². The lowest BCUT2D eigenvalue weighted by molar-refractivity contribution is 0.446. The zero-order chi connectivity index (χ0) is 18.1. The highest BCUT2D eigenvalue weighted by atomic mass is 16.3. The maximum Gasteiger partial charge on any atom is 0.119 e. The van der Waals surface area contributed by atoms with Crippen molar-refractivity contribution < 1.29 is 5.11 Å². The Kier molecular flexibility index (Phi) is 5.13. The highest BCUT2D eigenvalue weighted by Gasteiger charge is 2.19. The van der Waals surface area contributed by atoms with Crippen molar-refractivity contribution in [3.63, 3.8) is 0 Å². The Balaban J connectivity index is 2.26. The first-order valence-electron chi connectivity index (χ1n) is 8.91. The van der Waals surface area contributed by atoms with Crippen molar-refractivity contribution in [1.29, 1.82) is 0 Å². The van der Waals surface area contributed by atoms with Gasteiger partial charge in [-0.1, -0.05) is 84.9 Å². The molecule has 0 aliphatic rings. The third-order valence-corrected chi connectivity index (χ3v) is 4.73. The first kappa shape index (κ1) is 18.6. The van der Waals surface area contributed by atoms with Gasteiger partial charge in [0.05, 0.1) is 0 Å². The van der Waals surface area contributed by atoms with Crippen LogP contribution < -0.4 is 0 Å². The molecule has 130 valence electrons. The van der Waals surface area contributed by atoms with Crippen molar-refractivity contribution in [3.05, 3.63) is 64.7 Å². The highest BCUT2D eigenvalue weighted by Crippen LogP contribution is 2.33. The predicted molar refractivity (Wildman–Crippen MR) is 104 cm³/mol. The summed E-state index contributed by atoms with van der Waals surface area (Å²) in [6.07, 6.45) is 0.983. The van der Waals surface area contributed by atoms with E-state index < -0.39 is 0 Å². The molecule has 0 saturated carbocycles. The van der Waals surface area contributed by atoms with E-state index in [2.05, 4.69) is 84.9 Å². The molecule has 1 N–H and O–H groups in total. The molecule has 0 fully saturated rings. The fourth-order valence-corrected chi connectivity index (χ4v) is 3.09. The van der Waals surface area contributed by atoms with Gasteiger partial charge in [-0.2, -0.15) is 0 Å². The molecule has 0 radical (unpaired) electrons. The SMILES string of the molecule is CC(Cc1ccc(O)c(C(C)(C)C)c1)c1cccc(C(C)(C)C)c1. The molecule has 24 heavy (non-hydrogen) atoms. The molecule has 2 aromatic rings. The van der Waals surface area contributed by atoms with E-state index in [4.69, 9.17) is 0 Å². The number of hydrogen-bond donors (Lipinski definition) is 1. The Labute approximate surface area is 147 Å². The summed E-state index contributed by atoms with van der Waals surface area (Å²) in [5, 5.41) is 10.1. The fraction of sp³-hybridized carbons (Fsp3) is 0.478. The van der Waals surface area contributed by atoms with E-state index in [1.165, 1.54) is 16.7 Å². The number of phenolic OH excluding ortho intramolecular Hbond substituents is 1. The van der Waals surface area contributed by atoms with Crippen LogP contribution in [0.3, 0.4) is 0 Å². The summed E-state index contributed by atoms with van der Waals surface area (Å²) in [7, 11) is 0. The molecule has 0 aromatic heterocycles. The normalized spacial score (nSPS) is 13.8. The van der Waals surface area contributed by atoms with Gasteiger partial charge in [0.2, 0.25) is 0 Å². The van der Waals surface area contributed by atoms with Crippen LogP contribution in [-0.4, -0.2) is 5.11 Å². The van der Waals surface area contributed by atoms with Gasteiger partial charge in [0, 0.05) is 0 Å². The van der Waals surface area contributed by atoms with Crippen molar-refractivity contribution in [3.8, 4) is 5.75 Å². The van der Waals surface area contributed by atoms with Crippen molar-refractivity contribution in [2.45, 2.75) is 71.6 Å². The van der Waals surface area contributed by atoms with Crippen molar-refractivity contribution in [2.75, 3.05) is 0 Å². The minimum atomic E-state index is -0.0461. The topological polar surface area (TPSA) is 20.2 Å². The minimum absolute atomic E-state index is 0.0461. The first-order valence-corrected chi connectivity index (χ1v) is 8.91. The number of phenols is 1. The molecule has 0 aliphatic heterocycles. The van der Waals surface area contributed by atoms with Crippen LogP contribution in [0.15, 0.2) is 42.5 Å². The van der Waals surface area contributed by atoms with Crippen molar-refractivity contribution in [1.82, 2.24) is 0 Å². The van der Waals surface area contributed by atoms with Crippen LogP contribution in [-0.2, 0) is 17.3 Å². The lowest BCUT2D eigenvalue weighted by Crippen LogP contribution is -2.13. The Hall–Kier alpha value is -1.76. The summed E-state index contributed by atoms with van der Waals surface area (Å²) >= 11 is 0. The summed E-state index contributed by atoms with van der Waals surface area (Å²) in [5.41, 5.74) is 5.20. The molecule has 1 unspecified atom stereocenters. The quantitative estimate of drug-likeness (QED) is 0.699. The Morgan fingerprint density at radius 2 is 1.54 bits per heavy atom. The van der Waals surface area contributed by atoms with Gasteiger partial charge in [0.25, 0.3) is 0 Å². The Morgan fingerprint density at radius 1 is 0.875 bits per heavy atom. The third kappa shape index (κ3) is 4.41. The Bertz CT molecular complexity index is 699. The van der Waals surface area contributed by atoms with E-state index in [9.17, 15) is 5.11 Å². The van der Waals surface area contributed by atoms with Gasteiger partial charge in [-0.3, -0.25) is 0 Å². The minimum Gasteiger partial charge on any atom is -0.508 e. The highest BCUT2D eigenvalue weighted by molar-refractivity contribution is 5.41. The summed E-state index contributed by atoms with van der Waals surface area (Å²) in [4.78, 5) is 0. The lowest BCUT2D eigenvalue weighted by Gasteiger charge is -2.23. The summed E-state index contributed by atoms with van der Waals surface area (Å²) in [5.74, 6) is 0.846. The molecular formula is C23H32O. The van der Waals surface area contributed by atoms with E-state index >= 15 is 0 Å². The Morgan fingerprint density at radius 3 is 2.12 bits per heavy atom. The standard InChI is InChI=1S/C23H32O/c1-16(18-9-8-10-19(15-18)22(2,3)4)13-17-11-12-21(24)20(14-17)23(5,6)7/h8-12,14-16,24H,13H2,1-7H3. The van der Waals surface area contributed by atoms with E-state index in [-0.39, 0.29) is 10.8 Å². The molecule has 2 rings (SSSR count). The third-order valence-electron chi connectivity index (χ3n) is 4.73. The largest absolute Gasteiger partial charge is 0.508 e. The van der Waals surface area contributed by atoms with E-state index in [0.717, 1.165) is 12.0 Å². The number of rotatable bonds is 3. The summed E-state index contributed by atoms with van der Waals surface area (Å²) < 4.78 is 0. The van der Waals surface area contributed by atoms with Crippen LogP contribution in [0.5, 0.6) is 5.75 Å². The molecule has 0 bridgehead atoms. The zero-order valence-electron chi connectivity index (χ0n) is 16.3. The number of benzene rings is 2. The van der Waals surface area contributed by atoms with E-state index in [1.54, 1.807) is 0 Å². The van der Waals surface area contributed by atoms with Crippen LogP contribution in [0.25, 0.3) is 0 Å². The molecule has 0 heterocycles. The molecule has 1 heteroatoms. The molecular weight excluding hydrogens is 292 g/mol. The second-order valence-corrected chi connectivity index (χ2v) is 9.08. The summed E-state index contributed by atoms with van der Waals surface area (Å²) in [6, 6.07) is 15.0. The monoisotopic (exact) mass is 324 g/mol. The van der Waals surface area contributed by atoms with Gasteiger partial charge in [0.15, 0.2) is 0 Å². The van der Waals surface area contributed by atoms with Crippen LogP contribution in [0.1, 0.15) is 76.6 Å². The summed E-state index contributed by atoms with van der Waals surface area (Å²) in [6.45, 7) is 15.5. The van der Waals surface area contributed by atoms with Gasteiger partial charge >= 0.3 is 0 Å². The second kappa shape index (κ2) is 6.63. The van der Waals surface area contributed by atoms with Gasteiger partial charge < -0.3 is 5.11 Å². The van der Waals surface area contributed by atoms with Crippen LogP contribution >= 0.6 is 0 Å². The van der Waals surface area contributed by atoms with E-state index in [0.29, 0.717) is 11.7 Å². The van der Waals surface area contributed by atoms with Gasteiger partial charge in [-0.05, 0) is 51.5 Å².